The van der Waals surface area contributed by atoms with E-state index in [4.69, 9.17) is 9.47 Å². The number of imide groups is 1. The van der Waals surface area contributed by atoms with E-state index < -0.39 is 12.0 Å². The van der Waals surface area contributed by atoms with E-state index >= 15 is 0 Å². The van der Waals surface area contributed by atoms with Gasteiger partial charge < -0.3 is 9.47 Å². The number of carbonyl (C=O) groups excluding carboxylic acids is 3. The molecule has 2 heterocycles. The number of esters is 1. The molecule has 2 aliphatic rings. The van der Waals surface area contributed by atoms with E-state index in [-0.39, 0.29) is 18.2 Å². The minimum atomic E-state index is -0.425. The second kappa shape index (κ2) is 7.11. The maximum absolute atomic E-state index is 12.7. The second-order valence-corrected chi connectivity index (χ2v) is 5.70. The summed E-state index contributed by atoms with van der Waals surface area (Å²) in [5.74, 6) is -0.861. The van der Waals surface area contributed by atoms with Gasteiger partial charge in [0.05, 0.1) is 43.5 Å². The van der Waals surface area contributed by atoms with Gasteiger partial charge in [0.15, 0.2) is 0 Å². The van der Waals surface area contributed by atoms with Crippen LogP contribution in [0.3, 0.4) is 0 Å². The Labute approximate surface area is 140 Å². The normalized spacial score (nSPS) is 22.0. The molecular formula is C17H20N2O5. The van der Waals surface area contributed by atoms with Crippen molar-refractivity contribution in [3.05, 3.63) is 29.8 Å². The fourth-order valence-corrected chi connectivity index (χ4v) is 3.02. The molecule has 0 spiro atoms. The van der Waals surface area contributed by atoms with Crippen molar-refractivity contribution in [2.24, 2.45) is 0 Å². The van der Waals surface area contributed by atoms with Crippen LogP contribution in [0, 0.1) is 0 Å². The summed E-state index contributed by atoms with van der Waals surface area (Å²) in [6.45, 7) is 4.49. The molecule has 7 heteroatoms. The summed E-state index contributed by atoms with van der Waals surface area (Å²) in [6.07, 6.45) is 0.179. The molecular weight excluding hydrogens is 312 g/mol. The van der Waals surface area contributed by atoms with Crippen molar-refractivity contribution in [2.75, 3.05) is 37.8 Å². The molecule has 3 rings (SSSR count). The number of nitrogens with zero attached hydrogens (tertiary/aromatic N) is 2. The highest BCUT2D eigenvalue weighted by atomic mass is 16.5. The lowest BCUT2D eigenvalue weighted by atomic mass is 10.2. The summed E-state index contributed by atoms with van der Waals surface area (Å²) in [5, 5.41) is 0. The number of benzene rings is 1. The number of hydrogen-bond acceptors (Lipinski definition) is 6. The summed E-state index contributed by atoms with van der Waals surface area (Å²) in [4.78, 5) is 39.9. The highest BCUT2D eigenvalue weighted by molar-refractivity contribution is 6.22. The first-order valence-corrected chi connectivity index (χ1v) is 8.07. The number of anilines is 1. The number of amides is 2. The Morgan fingerprint density at radius 1 is 1.21 bits per heavy atom. The molecule has 2 aliphatic heterocycles. The highest BCUT2D eigenvalue weighted by Gasteiger charge is 2.42. The van der Waals surface area contributed by atoms with Crippen LogP contribution in [0.4, 0.5) is 5.69 Å². The number of hydrogen-bond donors (Lipinski definition) is 0. The Hall–Kier alpha value is -2.25. The average Bonchev–Trinajstić information content (AvgIpc) is 2.90. The van der Waals surface area contributed by atoms with Crippen molar-refractivity contribution in [2.45, 2.75) is 19.4 Å². The average molecular weight is 332 g/mol. The molecule has 1 aromatic carbocycles. The topological polar surface area (TPSA) is 76.2 Å². The maximum Gasteiger partial charge on any atom is 0.338 e. The third-order valence-electron chi connectivity index (χ3n) is 4.25. The van der Waals surface area contributed by atoms with Crippen LogP contribution in [0.5, 0.6) is 0 Å². The first kappa shape index (κ1) is 16.6. The first-order chi connectivity index (χ1) is 11.6. The van der Waals surface area contributed by atoms with Crippen molar-refractivity contribution in [1.29, 1.82) is 0 Å². The molecule has 0 aromatic heterocycles. The van der Waals surface area contributed by atoms with Crippen LogP contribution in [0.2, 0.25) is 0 Å². The molecule has 1 atom stereocenters. The van der Waals surface area contributed by atoms with Crippen molar-refractivity contribution in [3.8, 4) is 0 Å². The smallest absolute Gasteiger partial charge is 0.338 e. The zero-order chi connectivity index (χ0) is 17.1. The molecule has 2 saturated heterocycles. The summed E-state index contributed by atoms with van der Waals surface area (Å²) in [6, 6.07) is 5.91. The third-order valence-corrected chi connectivity index (χ3v) is 4.25. The lowest BCUT2D eigenvalue weighted by Gasteiger charge is -2.30. The predicted octanol–water partition coefficient (Wildman–Crippen LogP) is 0.827. The number of rotatable bonds is 4. The summed E-state index contributed by atoms with van der Waals surface area (Å²) in [7, 11) is 0. The van der Waals surface area contributed by atoms with Gasteiger partial charge in [0.1, 0.15) is 0 Å². The van der Waals surface area contributed by atoms with Crippen LogP contribution in [-0.4, -0.2) is 61.6 Å². The van der Waals surface area contributed by atoms with Crippen LogP contribution in [0.15, 0.2) is 24.3 Å². The van der Waals surface area contributed by atoms with Gasteiger partial charge in [0, 0.05) is 13.1 Å². The van der Waals surface area contributed by atoms with Crippen LogP contribution in [-0.2, 0) is 19.1 Å². The summed E-state index contributed by atoms with van der Waals surface area (Å²) < 4.78 is 10.2. The molecule has 2 fully saturated rings. The van der Waals surface area contributed by atoms with Crippen molar-refractivity contribution < 1.29 is 23.9 Å². The van der Waals surface area contributed by atoms with Gasteiger partial charge in [-0.2, -0.15) is 0 Å². The fourth-order valence-electron chi connectivity index (χ4n) is 3.02. The Morgan fingerprint density at radius 2 is 1.88 bits per heavy atom. The SMILES string of the molecule is CCOC(=O)c1ccc(N2C(=O)C[C@H](N3CCOCC3)C2=O)cc1. The maximum atomic E-state index is 12.7. The standard InChI is InChI=1S/C17H20N2O5/c1-2-24-17(22)12-3-5-13(6-4-12)19-15(20)11-14(16(19)21)18-7-9-23-10-8-18/h3-6,14H,2,7-11H2,1H3/t14-/m0/s1. The molecule has 1 aromatic rings. The molecule has 24 heavy (non-hydrogen) atoms. The van der Waals surface area contributed by atoms with E-state index in [1.54, 1.807) is 31.2 Å². The minimum Gasteiger partial charge on any atom is -0.462 e. The molecule has 128 valence electrons. The number of carbonyl (C=O) groups is 3. The van der Waals surface area contributed by atoms with E-state index in [1.807, 2.05) is 4.90 Å². The van der Waals surface area contributed by atoms with Gasteiger partial charge >= 0.3 is 5.97 Å². The van der Waals surface area contributed by atoms with Crippen molar-refractivity contribution in [3.63, 3.8) is 0 Å². The van der Waals surface area contributed by atoms with E-state index in [2.05, 4.69) is 0 Å². The zero-order valence-electron chi connectivity index (χ0n) is 13.6. The van der Waals surface area contributed by atoms with E-state index in [1.165, 1.54) is 4.90 Å². The van der Waals surface area contributed by atoms with Gasteiger partial charge in [-0.3, -0.25) is 14.5 Å². The summed E-state index contributed by atoms with van der Waals surface area (Å²) >= 11 is 0. The monoisotopic (exact) mass is 332 g/mol. The highest BCUT2D eigenvalue weighted by Crippen LogP contribution is 2.26. The van der Waals surface area contributed by atoms with Crippen LogP contribution in [0.1, 0.15) is 23.7 Å². The van der Waals surface area contributed by atoms with Gasteiger partial charge in [-0.05, 0) is 31.2 Å². The predicted molar refractivity (Wildman–Crippen MR) is 85.7 cm³/mol. The molecule has 7 nitrogen and oxygen atoms in total. The minimum absolute atomic E-state index is 0.179. The Balaban J connectivity index is 1.75. The van der Waals surface area contributed by atoms with E-state index in [9.17, 15) is 14.4 Å². The molecule has 2 amide bonds. The second-order valence-electron chi connectivity index (χ2n) is 5.70. The van der Waals surface area contributed by atoms with Gasteiger partial charge in [-0.25, -0.2) is 9.69 Å². The van der Waals surface area contributed by atoms with Gasteiger partial charge in [0.25, 0.3) is 5.91 Å². The quantitative estimate of drug-likeness (QED) is 0.600. The lowest BCUT2D eigenvalue weighted by molar-refractivity contribution is -0.123. The molecule has 0 bridgehead atoms. The van der Waals surface area contributed by atoms with Gasteiger partial charge in [-0.15, -0.1) is 0 Å². The van der Waals surface area contributed by atoms with E-state index in [0.29, 0.717) is 44.2 Å². The number of morpholine rings is 1. The zero-order valence-corrected chi connectivity index (χ0v) is 13.6. The van der Waals surface area contributed by atoms with Crippen LogP contribution in [0.25, 0.3) is 0 Å². The van der Waals surface area contributed by atoms with Crippen molar-refractivity contribution in [1.82, 2.24) is 4.90 Å². The Bertz CT molecular complexity index is 637. The molecule has 0 aliphatic carbocycles. The molecule has 0 saturated carbocycles. The third kappa shape index (κ3) is 3.18. The summed E-state index contributed by atoms with van der Waals surface area (Å²) in [5.41, 5.74) is 0.873. The molecule has 0 radical (unpaired) electrons. The largest absolute Gasteiger partial charge is 0.462 e. The van der Waals surface area contributed by atoms with Gasteiger partial charge in [0.2, 0.25) is 5.91 Å². The molecule has 0 unspecified atom stereocenters. The number of ether oxygens (including phenoxy) is 2. The van der Waals surface area contributed by atoms with E-state index in [0.717, 1.165) is 0 Å². The Kier molecular flexibility index (Phi) is 4.92. The molecule has 0 N–H and O–H groups in total. The van der Waals surface area contributed by atoms with Crippen LogP contribution >= 0.6 is 0 Å². The van der Waals surface area contributed by atoms with Crippen LogP contribution < -0.4 is 4.90 Å². The first-order valence-electron chi connectivity index (χ1n) is 8.07. The Morgan fingerprint density at radius 3 is 2.50 bits per heavy atom. The van der Waals surface area contributed by atoms with Crippen molar-refractivity contribution >= 4 is 23.5 Å². The fraction of sp³-hybridized carbons (Fsp3) is 0.471. The van der Waals surface area contributed by atoms with Gasteiger partial charge in [-0.1, -0.05) is 0 Å². The lowest BCUT2D eigenvalue weighted by Crippen LogP contribution is -2.47.